The number of carbonyl (C=O) groups excluding carboxylic acids is 1. The fourth-order valence-corrected chi connectivity index (χ4v) is 4.63. The summed E-state index contributed by atoms with van der Waals surface area (Å²) in [5.74, 6) is -2.04. The molecule has 0 bridgehead atoms. The van der Waals surface area contributed by atoms with Gasteiger partial charge >= 0.3 is 5.97 Å². The predicted octanol–water partition coefficient (Wildman–Crippen LogP) is 2.99. The van der Waals surface area contributed by atoms with Crippen LogP contribution in [-0.2, 0) is 19.6 Å². The number of sulfonamides is 1. The molecule has 0 aliphatic carbocycles. The Kier molecular flexibility index (Phi) is 6.81. The van der Waals surface area contributed by atoms with Gasteiger partial charge in [0.25, 0.3) is 0 Å². The third-order valence-corrected chi connectivity index (χ3v) is 6.55. The standard InChI is InChI=1S/C20H21F2NO5S/c21-16-6-7-18(22)19(14-16)29(25,26)23-10-8-15(9-11-23)20(24)28-13-12-27-17-4-2-1-3-5-17/h1-7,14-15H,8-13H2. The molecule has 2 aromatic rings. The average Bonchev–Trinajstić information content (AvgIpc) is 2.73. The highest BCUT2D eigenvalue weighted by molar-refractivity contribution is 7.89. The summed E-state index contributed by atoms with van der Waals surface area (Å²) < 4.78 is 64.1. The summed E-state index contributed by atoms with van der Waals surface area (Å²) in [7, 11) is -4.17. The van der Waals surface area contributed by atoms with Crippen LogP contribution in [0.15, 0.2) is 53.4 Å². The quantitative estimate of drug-likeness (QED) is 0.504. The summed E-state index contributed by atoms with van der Waals surface area (Å²) in [5.41, 5.74) is 0. The van der Waals surface area contributed by atoms with Crippen LogP contribution >= 0.6 is 0 Å². The summed E-state index contributed by atoms with van der Waals surface area (Å²) in [6, 6.07) is 11.4. The van der Waals surface area contributed by atoms with Gasteiger partial charge in [-0.1, -0.05) is 18.2 Å². The lowest BCUT2D eigenvalue weighted by molar-refractivity contribution is -0.150. The molecular formula is C20H21F2NO5S. The molecule has 3 rings (SSSR count). The topological polar surface area (TPSA) is 72.9 Å². The number of hydrogen-bond acceptors (Lipinski definition) is 5. The average molecular weight is 425 g/mol. The zero-order valence-corrected chi connectivity index (χ0v) is 16.4. The molecule has 1 fully saturated rings. The number of para-hydroxylation sites is 1. The highest BCUT2D eigenvalue weighted by Gasteiger charge is 2.34. The predicted molar refractivity (Wildman–Crippen MR) is 101 cm³/mol. The molecule has 1 saturated heterocycles. The molecule has 1 aliphatic heterocycles. The number of nitrogens with zero attached hydrogens (tertiary/aromatic N) is 1. The second-order valence-corrected chi connectivity index (χ2v) is 8.49. The normalized spacial score (nSPS) is 15.8. The first-order chi connectivity index (χ1) is 13.9. The summed E-state index contributed by atoms with van der Waals surface area (Å²) in [4.78, 5) is 11.5. The fourth-order valence-electron chi connectivity index (χ4n) is 3.08. The number of piperidine rings is 1. The molecule has 156 valence electrons. The molecule has 0 amide bonds. The van der Waals surface area contributed by atoms with Crippen molar-refractivity contribution in [1.82, 2.24) is 4.31 Å². The van der Waals surface area contributed by atoms with Gasteiger partial charge in [0, 0.05) is 13.1 Å². The summed E-state index contributed by atoms with van der Waals surface area (Å²) in [5, 5.41) is 0. The largest absolute Gasteiger partial charge is 0.490 e. The van der Waals surface area contributed by atoms with Gasteiger partial charge in [-0.15, -0.1) is 0 Å². The van der Waals surface area contributed by atoms with Crippen LogP contribution in [-0.4, -0.2) is 45.0 Å². The molecule has 0 N–H and O–H groups in total. The molecule has 1 heterocycles. The van der Waals surface area contributed by atoms with E-state index in [2.05, 4.69) is 0 Å². The van der Waals surface area contributed by atoms with Crippen molar-refractivity contribution in [3.05, 3.63) is 60.2 Å². The van der Waals surface area contributed by atoms with Crippen LogP contribution in [0.4, 0.5) is 8.78 Å². The van der Waals surface area contributed by atoms with Gasteiger partial charge in [0.05, 0.1) is 5.92 Å². The highest BCUT2D eigenvalue weighted by Crippen LogP contribution is 2.26. The lowest BCUT2D eigenvalue weighted by atomic mass is 9.98. The van der Waals surface area contributed by atoms with Crippen molar-refractivity contribution >= 4 is 16.0 Å². The molecule has 0 saturated carbocycles. The molecule has 6 nitrogen and oxygen atoms in total. The smallest absolute Gasteiger partial charge is 0.309 e. The first-order valence-electron chi connectivity index (χ1n) is 9.17. The van der Waals surface area contributed by atoms with Crippen LogP contribution in [0.5, 0.6) is 5.75 Å². The van der Waals surface area contributed by atoms with Crippen LogP contribution in [0.25, 0.3) is 0 Å². The zero-order chi connectivity index (χ0) is 20.9. The van der Waals surface area contributed by atoms with E-state index < -0.39 is 38.4 Å². The van der Waals surface area contributed by atoms with Crippen LogP contribution in [0, 0.1) is 17.6 Å². The number of carbonyl (C=O) groups is 1. The van der Waals surface area contributed by atoms with E-state index in [1.807, 2.05) is 18.2 Å². The van der Waals surface area contributed by atoms with Crippen LogP contribution in [0.3, 0.4) is 0 Å². The maximum absolute atomic E-state index is 13.9. The van der Waals surface area contributed by atoms with Crippen molar-refractivity contribution in [2.24, 2.45) is 5.92 Å². The highest BCUT2D eigenvalue weighted by atomic mass is 32.2. The minimum Gasteiger partial charge on any atom is -0.490 e. The van der Waals surface area contributed by atoms with Crippen molar-refractivity contribution in [1.29, 1.82) is 0 Å². The maximum Gasteiger partial charge on any atom is 0.309 e. The monoisotopic (exact) mass is 425 g/mol. The van der Waals surface area contributed by atoms with E-state index in [9.17, 15) is 22.0 Å². The number of benzene rings is 2. The maximum atomic E-state index is 13.9. The first kappa shape index (κ1) is 21.2. The Hall–Kier alpha value is -2.52. The number of rotatable bonds is 7. The number of ether oxygens (including phenoxy) is 2. The van der Waals surface area contributed by atoms with Gasteiger partial charge in [-0.05, 0) is 43.2 Å². The third kappa shape index (κ3) is 5.30. The molecule has 0 spiro atoms. The SMILES string of the molecule is O=C(OCCOc1ccccc1)C1CCN(S(=O)(=O)c2cc(F)ccc2F)CC1. The molecule has 0 unspecified atom stereocenters. The molecule has 1 aliphatic rings. The van der Waals surface area contributed by atoms with Crippen molar-refractivity contribution in [3.63, 3.8) is 0 Å². The van der Waals surface area contributed by atoms with Crippen molar-refractivity contribution < 1.29 is 31.5 Å². The molecular weight excluding hydrogens is 404 g/mol. The van der Waals surface area contributed by atoms with E-state index in [1.54, 1.807) is 12.1 Å². The molecule has 2 aromatic carbocycles. The van der Waals surface area contributed by atoms with Gasteiger partial charge in [-0.3, -0.25) is 4.79 Å². The molecule has 9 heteroatoms. The fraction of sp³-hybridized carbons (Fsp3) is 0.350. The van der Waals surface area contributed by atoms with Gasteiger partial charge in [0.1, 0.15) is 35.5 Å². The molecule has 29 heavy (non-hydrogen) atoms. The van der Waals surface area contributed by atoms with Crippen LogP contribution < -0.4 is 4.74 Å². The van der Waals surface area contributed by atoms with Gasteiger partial charge < -0.3 is 9.47 Å². The Morgan fingerprint density at radius 2 is 1.72 bits per heavy atom. The minimum atomic E-state index is -4.17. The Balaban J connectivity index is 1.48. The van der Waals surface area contributed by atoms with Gasteiger partial charge in [0.2, 0.25) is 10.0 Å². The Bertz CT molecular complexity index is 945. The first-order valence-corrected chi connectivity index (χ1v) is 10.6. The second-order valence-electron chi connectivity index (χ2n) is 6.58. The third-order valence-electron chi connectivity index (χ3n) is 4.64. The van der Waals surface area contributed by atoms with Gasteiger partial charge in [-0.2, -0.15) is 4.31 Å². The van der Waals surface area contributed by atoms with Crippen molar-refractivity contribution in [2.45, 2.75) is 17.7 Å². The summed E-state index contributed by atoms with van der Waals surface area (Å²) >= 11 is 0. The summed E-state index contributed by atoms with van der Waals surface area (Å²) in [6.45, 7) is 0.347. The zero-order valence-electron chi connectivity index (χ0n) is 15.6. The van der Waals surface area contributed by atoms with Gasteiger partial charge in [-0.25, -0.2) is 17.2 Å². The number of hydrogen-bond donors (Lipinski definition) is 0. The van der Waals surface area contributed by atoms with Crippen molar-refractivity contribution in [3.8, 4) is 5.75 Å². The Morgan fingerprint density at radius 1 is 1.03 bits per heavy atom. The van der Waals surface area contributed by atoms with E-state index in [4.69, 9.17) is 9.47 Å². The lowest BCUT2D eigenvalue weighted by Gasteiger charge is -2.30. The van der Waals surface area contributed by atoms with E-state index in [1.165, 1.54) is 0 Å². The molecule has 0 atom stereocenters. The number of halogens is 2. The Morgan fingerprint density at radius 3 is 2.41 bits per heavy atom. The lowest BCUT2D eigenvalue weighted by Crippen LogP contribution is -2.41. The molecule has 0 aromatic heterocycles. The van der Waals surface area contributed by atoms with E-state index >= 15 is 0 Å². The van der Waals surface area contributed by atoms with Gasteiger partial charge in [0.15, 0.2) is 0 Å². The van der Waals surface area contributed by atoms with Crippen molar-refractivity contribution in [2.75, 3.05) is 26.3 Å². The van der Waals surface area contributed by atoms with E-state index in [0.717, 1.165) is 16.4 Å². The second kappa shape index (κ2) is 9.32. The number of esters is 1. The minimum absolute atomic E-state index is 0.0264. The Labute approximate surface area is 168 Å². The summed E-state index contributed by atoms with van der Waals surface area (Å²) in [6.07, 6.45) is 0.489. The van der Waals surface area contributed by atoms with Crippen LogP contribution in [0.2, 0.25) is 0 Å². The van der Waals surface area contributed by atoms with E-state index in [-0.39, 0.29) is 39.1 Å². The molecule has 0 radical (unpaired) electrons. The van der Waals surface area contributed by atoms with E-state index in [0.29, 0.717) is 11.8 Å². The van der Waals surface area contributed by atoms with Crippen LogP contribution in [0.1, 0.15) is 12.8 Å².